The van der Waals surface area contributed by atoms with E-state index < -0.39 is 30.0 Å². The van der Waals surface area contributed by atoms with Gasteiger partial charge in [-0.3, -0.25) is 14.5 Å². The van der Waals surface area contributed by atoms with Gasteiger partial charge in [0.1, 0.15) is 17.8 Å². The zero-order valence-corrected chi connectivity index (χ0v) is 15.4. The number of amides is 4. The zero-order chi connectivity index (χ0) is 20.2. The highest BCUT2D eigenvalue weighted by atomic mass is 19.3. The van der Waals surface area contributed by atoms with E-state index in [0.717, 1.165) is 17.7 Å². The summed E-state index contributed by atoms with van der Waals surface area (Å²) in [5, 5.41) is 5.30. The van der Waals surface area contributed by atoms with Crippen LogP contribution in [0.4, 0.5) is 13.6 Å². The number of hydrogen-bond acceptors (Lipinski definition) is 4. The first-order valence-electron chi connectivity index (χ1n) is 8.66. The van der Waals surface area contributed by atoms with Crippen molar-refractivity contribution in [1.29, 1.82) is 0 Å². The Morgan fingerprint density at radius 1 is 1.30 bits per heavy atom. The van der Waals surface area contributed by atoms with Gasteiger partial charge in [-0.25, -0.2) is 4.79 Å². The minimum Gasteiger partial charge on any atom is -0.435 e. The molecule has 1 aliphatic rings. The molecule has 0 saturated carbocycles. The quantitative estimate of drug-likeness (QED) is 0.675. The van der Waals surface area contributed by atoms with Gasteiger partial charge < -0.3 is 15.4 Å². The van der Waals surface area contributed by atoms with Gasteiger partial charge in [-0.2, -0.15) is 8.78 Å². The number of benzene rings is 1. The molecule has 148 valence electrons. The van der Waals surface area contributed by atoms with E-state index in [1.54, 1.807) is 0 Å². The van der Waals surface area contributed by atoms with Crippen molar-refractivity contribution in [3.05, 3.63) is 29.8 Å². The lowest BCUT2D eigenvalue weighted by atomic mass is 9.92. The van der Waals surface area contributed by atoms with Crippen molar-refractivity contribution in [2.24, 2.45) is 0 Å². The van der Waals surface area contributed by atoms with E-state index in [1.807, 2.05) is 13.8 Å². The number of carbonyl (C=O) groups excluding carboxylic acids is 3. The molecule has 1 aromatic rings. The van der Waals surface area contributed by atoms with Crippen LogP contribution in [0, 0.1) is 0 Å². The van der Waals surface area contributed by atoms with Crippen LogP contribution >= 0.6 is 0 Å². The third-order valence-electron chi connectivity index (χ3n) is 4.36. The summed E-state index contributed by atoms with van der Waals surface area (Å²) >= 11 is 0. The normalized spacial score (nSPS) is 20.6. The second-order valence-corrected chi connectivity index (χ2v) is 6.61. The lowest BCUT2D eigenvalue weighted by molar-refractivity contribution is -0.135. The molecule has 0 spiro atoms. The average molecular weight is 383 g/mol. The molecule has 9 heteroatoms. The summed E-state index contributed by atoms with van der Waals surface area (Å²) in [6.45, 7) is 1.99. The molecule has 1 aromatic carbocycles. The number of imide groups is 1. The third-order valence-corrected chi connectivity index (χ3v) is 4.36. The van der Waals surface area contributed by atoms with Crippen molar-refractivity contribution >= 4 is 17.8 Å². The second-order valence-electron chi connectivity index (χ2n) is 6.61. The molecule has 27 heavy (non-hydrogen) atoms. The highest BCUT2D eigenvalue weighted by molar-refractivity contribution is 6.09. The largest absolute Gasteiger partial charge is 0.435 e. The van der Waals surface area contributed by atoms with Gasteiger partial charge in [-0.1, -0.05) is 25.5 Å². The van der Waals surface area contributed by atoms with Gasteiger partial charge in [0.2, 0.25) is 5.91 Å². The third kappa shape index (κ3) is 4.72. The van der Waals surface area contributed by atoms with Crippen molar-refractivity contribution in [1.82, 2.24) is 15.5 Å². The van der Waals surface area contributed by atoms with Crippen LogP contribution in [0.3, 0.4) is 0 Å². The Bertz CT molecular complexity index is 711. The summed E-state index contributed by atoms with van der Waals surface area (Å²) in [5.74, 6) is -1.08. The molecule has 7 nitrogen and oxygen atoms in total. The maximum absolute atomic E-state index is 12.8. The number of ether oxygens (including phenoxy) is 1. The Kier molecular flexibility index (Phi) is 6.35. The summed E-state index contributed by atoms with van der Waals surface area (Å²) in [7, 11) is 0. The number of nitrogens with one attached hydrogen (secondary N) is 2. The maximum atomic E-state index is 12.8. The van der Waals surface area contributed by atoms with E-state index in [-0.39, 0.29) is 18.3 Å². The fraction of sp³-hybridized carbons (Fsp3) is 0.500. The van der Waals surface area contributed by atoms with Gasteiger partial charge >= 0.3 is 12.6 Å². The Morgan fingerprint density at radius 2 is 1.93 bits per heavy atom. The number of nitrogens with zero attached hydrogens (tertiary/aromatic N) is 1. The SMILES string of the molecule is CCC[C@H](C)NC(=O)CN1C(=O)N[C@@](C)(c2ccc(OC(F)F)cc2)C1=O. The predicted molar refractivity (Wildman–Crippen MR) is 93.2 cm³/mol. The average Bonchev–Trinajstić information content (AvgIpc) is 2.79. The van der Waals surface area contributed by atoms with Crippen LogP contribution in [0.25, 0.3) is 0 Å². The monoisotopic (exact) mass is 383 g/mol. The summed E-state index contributed by atoms with van der Waals surface area (Å²) in [6.07, 6.45) is 1.69. The van der Waals surface area contributed by atoms with Crippen LogP contribution in [-0.2, 0) is 15.1 Å². The fourth-order valence-corrected chi connectivity index (χ4v) is 2.98. The van der Waals surface area contributed by atoms with E-state index in [0.29, 0.717) is 5.56 Å². The number of urea groups is 1. The molecule has 1 aliphatic heterocycles. The van der Waals surface area contributed by atoms with Gasteiger partial charge in [0.05, 0.1) is 0 Å². The van der Waals surface area contributed by atoms with Gasteiger partial charge in [0, 0.05) is 6.04 Å². The van der Waals surface area contributed by atoms with Crippen LogP contribution in [0.15, 0.2) is 24.3 Å². The van der Waals surface area contributed by atoms with E-state index >= 15 is 0 Å². The predicted octanol–water partition coefficient (Wildman–Crippen LogP) is 2.36. The summed E-state index contributed by atoms with van der Waals surface area (Å²) < 4.78 is 28.8. The number of halogens is 2. The van der Waals surface area contributed by atoms with Gasteiger partial charge in [-0.05, 0) is 38.0 Å². The topological polar surface area (TPSA) is 87.7 Å². The number of carbonyl (C=O) groups is 3. The van der Waals surface area contributed by atoms with E-state index in [2.05, 4.69) is 15.4 Å². The van der Waals surface area contributed by atoms with Gasteiger partial charge in [0.15, 0.2) is 0 Å². The Balaban J connectivity index is 2.10. The standard InChI is InChI=1S/C18H23F2N3O4/c1-4-5-11(2)21-14(24)10-23-15(25)18(3,22-17(23)26)12-6-8-13(9-7-12)27-16(19)20/h6-9,11,16H,4-5,10H2,1-3H3,(H,21,24)(H,22,26)/t11-,18-/m0/s1. The number of rotatable bonds is 8. The first kappa shape index (κ1) is 20.6. The molecule has 1 fully saturated rings. The van der Waals surface area contributed by atoms with Crippen molar-refractivity contribution in [3.63, 3.8) is 0 Å². The lowest BCUT2D eigenvalue weighted by Crippen LogP contribution is -2.44. The van der Waals surface area contributed by atoms with E-state index in [4.69, 9.17) is 0 Å². The highest BCUT2D eigenvalue weighted by Crippen LogP contribution is 2.30. The van der Waals surface area contributed by atoms with Crippen LogP contribution < -0.4 is 15.4 Å². The van der Waals surface area contributed by atoms with Gasteiger partial charge in [0.25, 0.3) is 5.91 Å². The minimum atomic E-state index is -2.96. The Hall–Kier alpha value is -2.71. The molecular formula is C18H23F2N3O4. The molecule has 1 saturated heterocycles. The second kappa shape index (κ2) is 8.32. The molecule has 2 atom stereocenters. The van der Waals surface area contributed by atoms with Gasteiger partial charge in [-0.15, -0.1) is 0 Å². The molecule has 0 aromatic heterocycles. The van der Waals surface area contributed by atoms with Crippen molar-refractivity contribution < 1.29 is 27.9 Å². The van der Waals surface area contributed by atoms with Crippen molar-refractivity contribution in [2.75, 3.05) is 6.54 Å². The summed E-state index contributed by atoms with van der Waals surface area (Å²) in [6, 6.07) is 4.67. The zero-order valence-electron chi connectivity index (χ0n) is 15.4. The lowest BCUT2D eigenvalue weighted by Gasteiger charge is -2.22. The number of hydrogen-bond donors (Lipinski definition) is 2. The smallest absolute Gasteiger partial charge is 0.387 e. The molecule has 0 radical (unpaired) electrons. The minimum absolute atomic E-state index is 0.0583. The molecule has 4 amide bonds. The Labute approximate surface area is 156 Å². The first-order chi connectivity index (χ1) is 12.7. The Morgan fingerprint density at radius 3 is 2.48 bits per heavy atom. The summed E-state index contributed by atoms with van der Waals surface area (Å²) in [4.78, 5) is 37.9. The van der Waals surface area contributed by atoms with E-state index in [9.17, 15) is 23.2 Å². The summed E-state index contributed by atoms with van der Waals surface area (Å²) in [5.41, 5.74) is -1.000. The van der Waals surface area contributed by atoms with Crippen LogP contribution in [-0.4, -0.2) is 41.9 Å². The molecule has 0 bridgehead atoms. The maximum Gasteiger partial charge on any atom is 0.387 e. The molecule has 1 heterocycles. The van der Waals surface area contributed by atoms with Crippen molar-refractivity contribution in [2.45, 2.75) is 51.8 Å². The van der Waals surface area contributed by atoms with Crippen LogP contribution in [0.1, 0.15) is 39.2 Å². The van der Waals surface area contributed by atoms with Crippen molar-refractivity contribution in [3.8, 4) is 5.75 Å². The molecule has 0 aliphatic carbocycles. The highest BCUT2D eigenvalue weighted by Gasteiger charge is 2.49. The molecule has 0 unspecified atom stereocenters. The molecule has 2 rings (SSSR count). The van der Waals surface area contributed by atoms with Crippen LogP contribution in [0.5, 0.6) is 5.75 Å². The molecular weight excluding hydrogens is 360 g/mol. The van der Waals surface area contributed by atoms with Crippen LogP contribution in [0.2, 0.25) is 0 Å². The molecule has 2 N–H and O–H groups in total. The van der Waals surface area contributed by atoms with E-state index in [1.165, 1.54) is 31.2 Å². The fourth-order valence-electron chi connectivity index (χ4n) is 2.98. The first-order valence-corrected chi connectivity index (χ1v) is 8.66. The number of alkyl halides is 2.